The lowest BCUT2D eigenvalue weighted by Crippen LogP contribution is -2.50. The molecule has 0 radical (unpaired) electrons. The van der Waals surface area contributed by atoms with Crippen molar-refractivity contribution in [3.05, 3.63) is 42.0 Å². The van der Waals surface area contributed by atoms with E-state index in [2.05, 4.69) is 15.2 Å². The van der Waals surface area contributed by atoms with Gasteiger partial charge >= 0.3 is 5.97 Å². The molecule has 2 saturated heterocycles. The molecular weight excluding hydrogens is 405 g/mol. The SMILES string of the molecule is CC(C(=O)N1CCN(c2ccc(F)cc2)CC1)n1cc(CC2(C(=O)O)CCOC2)nn1. The Kier molecular flexibility index (Phi) is 5.90. The van der Waals surface area contributed by atoms with Crippen molar-refractivity contribution in [1.29, 1.82) is 0 Å². The van der Waals surface area contributed by atoms with E-state index >= 15 is 0 Å². The molecule has 2 fully saturated rings. The van der Waals surface area contributed by atoms with Gasteiger partial charge in [-0.1, -0.05) is 5.21 Å². The second-order valence-corrected chi connectivity index (χ2v) is 8.22. The number of carbonyl (C=O) groups excluding carboxylic acids is 1. The predicted molar refractivity (Wildman–Crippen MR) is 109 cm³/mol. The molecule has 1 amide bonds. The number of anilines is 1. The second-order valence-electron chi connectivity index (χ2n) is 8.22. The highest BCUT2D eigenvalue weighted by Crippen LogP contribution is 2.32. The fourth-order valence-electron chi connectivity index (χ4n) is 4.14. The van der Waals surface area contributed by atoms with E-state index in [0.29, 0.717) is 44.9 Å². The number of piperazine rings is 1. The van der Waals surface area contributed by atoms with Crippen LogP contribution in [-0.4, -0.2) is 76.3 Å². The maximum Gasteiger partial charge on any atom is 0.312 e. The number of carbonyl (C=O) groups is 2. The fourth-order valence-corrected chi connectivity index (χ4v) is 4.14. The van der Waals surface area contributed by atoms with Crippen LogP contribution in [0.5, 0.6) is 0 Å². The summed E-state index contributed by atoms with van der Waals surface area (Å²) < 4.78 is 19.9. The van der Waals surface area contributed by atoms with Crippen LogP contribution in [0.25, 0.3) is 0 Å². The molecule has 1 aromatic heterocycles. The number of carboxylic acids is 1. The van der Waals surface area contributed by atoms with Gasteiger partial charge in [-0.05, 0) is 37.6 Å². The van der Waals surface area contributed by atoms with E-state index in [1.807, 2.05) is 0 Å². The number of hydrogen-bond acceptors (Lipinski definition) is 6. The number of amides is 1. The van der Waals surface area contributed by atoms with Gasteiger partial charge in [0.15, 0.2) is 0 Å². The Labute approximate surface area is 179 Å². The van der Waals surface area contributed by atoms with E-state index in [1.54, 1.807) is 30.2 Å². The average molecular weight is 431 g/mol. The van der Waals surface area contributed by atoms with Crippen molar-refractivity contribution in [3.8, 4) is 0 Å². The second kappa shape index (κ2) is 8.62. The molecule has 2 aliphatic rings. The summed E-state index contributed by atoms with van der Waals surface area (Å²) >= 11 is 0. The predicted octanol–water partition coefficient (Wildman–Crippen LogP) is 1.36. The molecule has 0 spiro atoms. The zero-order chi connectivity index (χ0) is 22.0. The van der Waals surface area contributed by atoms with Gasteiger partial charge in [-0.15, -0.1) is 5.10 Å². The molecule has 31 heavy (non-hydrogen) atoms. The molecule has 2 aromatic rings. The Morgan fingerprint density at radius 1 is 1.23 bits per heavy atom. The molecule has 3 heterocycles. The lowest BCUT2D eigenvalue weighted by molar-refractivity contribution is -0.149. The van der Waals surface area contributed by atoms with Gasteiger partial charge in [0.1, 0.15) is 11.9 Å². The van der Waals surface area contributed by atoms with E-state index in [9.17, 15) is 19.1 Å². The summed E-state index contributed by atoms with van der Waals surface area (Å²) in [6.07, 6.45) is 2.31. The Morgan fingerprint density at radius 3 is 2.55 bits per heavy atom. The van der Waals surface area contributed by atoms with Gasteiger partial charge < -0.3 is 19.6 Å². The third-order valence-corrected chi connectivity index (χ3v) is 6.17. The van der Waals surface area contributed by atoms with Gasteiger partial charge in [0.05, 0.1) is 17.7 Å². The van der Waals surface area contributed by atoms with E-state index in [-0.39, 0.29) is 24.8 Å². The maximum absolute atomic E-state index is 13.1. The molecule has 2 unspecified atom stereocenters. The third-order valence-electron chi connectivity index (χ3n) is 6.17. The molecule has 2 aliphatic heterocycles. The van der Waals surface area contributed by atoms with Gasteiger partial charge in [0.25, 0.3) is 0 Å². The molecule has 1 aromatic carbocycles. The van der Waals surface area contributed by atoms with Crippen molar-refractivity contribution >= 4 is 17.6 Å². The molecule has 10 heteroatoms. The molecule has 4 rings (SSSR count). The van der Waals surface area contributed by atoms with Gasteiger partial charge in [-0.2, -0.15) is 0 Å². The first-order valence-electron chi connectivity index (χ1n) is 10.4. The fraction of sp³-hybridized carbons (Fsp3) is 0.524. The van der Waals surface area contributed by atoms with E-state index in [1.165, 1.54) is 16.8 Å². The van der Waals surface area contributed by atoms with Crippen LogP contribution in [0.2, 0.25) is 0 Å². The molecule has 9 nitrogen and oxygen atoms in total. The lowest BCUT2D eigenvalue weighted by atomic mass is 9.83. The van der Waals surface area contributed by atoms with Crippen LogP contribution in [0.1, 0.15) is 25.1 Å². The van der Waals surface area contributed by atoms with Crippen LogP contribution < -0.4 is 4.90 Å². The highest BCUT2D eigenvalue weighted by atomic mass is 19.1. The average Bonchev–Trinajstić information content (AvgIpc) is 3.44. The van der Waals surface area contributed by atoms with Crippen LogP contribution in [0.3, 0.4) is 0 Å². The Morgan fingerprint density at radius 2 is 1.94 bits per heavy atom. The number of aromatic nitrogens is 3. The first-order chi connectivity index (χ1) is 14.9. The summed E-state index contributed by atoms with van der Waals surface area (Å²) in [6, 6.07) is 5.81. The van der Waals surface area contributed by atoms with Gasteiger partial charge in [-0.25, -0.2) is 9.07 Å². The van der Waals surface area contributed by atoms with Crippen molar-refractivity contribution < 1.29 is 23.8 Å². The summed E-state index contributed by atoms with van der Waals surface area (Å²) in [6.45, 7) is 4.77. The summed E-state index contributed by atoms with van der Waals surface area (Å²) in [4.78, 5) is 28.6. The number of benzene rings is 1. The number of halogens is 1. The largest absolute Gasteiger partial charge is 0.481 e. The third kappa shape index (κ3) is 4.39. The molecule has 1 N–H and O–H groups in total. The highest BCUT2D eigenvalue weighted by molar-refractivity contribution is 5.80. The van der Waals surface area contributed by atoms with Crippen molar-refractivity contribution in [1.82, 2.24) is 19.9 Å². The Bertz CT molecular complexity index is 934. The topological polar surface area (TPSA) is 101 Å². The number of aliphatic carboxylic acids is 1. The van der Waals surface area contributed by atoms with E-state index in [4.69, 9.17) is 4.74 Å². The highest BCUT2D eigenvalue weighted by Gasteiger charge is 2.43. The monoisotopic (exact) mass is 431 g/mol. The van der Waals surface area contributed by atoms with Crippen LogP contribution in [0, 0.1) is 11.2 Å². The zero-order valence-corrected chi connectivity index (χ0v) is 17.4. The molecular formula is C21H26FN5O4. The van der Waals surface area contributed by atoms with Gasteiger partial charge in [0, 0.05) is 51.1 Å². The summed E-state index contributed by atoms with van der Waals surface area (Å²) in [5, 5.41) is 17.8. The van der Waals surface area contributed by atoms with Crippen molar-refractivity contribution in [3.63, 3.8) is 0 Å². The quantitative estimate of drug-likeness (QED) is 0.737. The number of ether oxygens (including phenoxy) is 1. The zero-order valence-electron chi connectivity index (χ0n) is 17.4. The van der Waals surface area contributed by atoms with Crippen molar-refractivity contribution in [2.24, 2.45) is 5.41 Å². The number of rotatable bonds is 6. The number of nitrogens with zero attached hydrogens (tertiary/aromatic N) is 5. The summed E-state index contributed by atoms with van der Waals surface area (Å²) in [5.41, 5.74) is 0.490. The number of carboxylic acid groups (broad SMARTS) is 1. The minimum absolute atomic E-state index is 0.0626. The lowest BCUT2D eigenvalue weighted by Gasteiger charge is -2.37. The Hall–Kier alpha value is -3.01. The maximum atomic E-state index is 13.1. The Balaban J connectivity index is 1.36. The molecule has 2 atom stereocenters. The van der Waals surface area contributed by atoms with Crippen LogP contribution in [0.4, 0.5) is 10.1 Å². The normalized spacial score (nSPS) is 22.5. The van der Waals surface area contributed by atoms with Gasteiger partial charge in [0.2, 0.25) is 5.91 Å². The van der Waals surface area contributed by atoms with E-state index in [0.717, 1.165) is 5.69 Å². The van der Waals surface area contributed by atoms with Crippen LogP contribution in [0.15, 0.2) is 30.5 Å². The first kappa shape index (κ1) is 21.2. The smallest absolute Gasteiger partial charge is 0.312 e. The minimum Gasteiger partial charge on any atom is -0.481 e. The summed E-state index contributed by atoms with van der Waals surface area (Å²) in [5.74, 6) is -1.23. The molecule has 166 valence electrons. The van der Waals surface area contributed by atoms with Crippen molar-refractivity contribution in [2.75, 3.05) is 44.3 Å². The molecule has 0 bridgehead atoms. The number of hydrogen-bond donors (Lipinski definition) is 1. The first-order valence-corrected chi connectivity index (χ1v) is 10.4. The van der Waals surface area contributed by atoms with Crippen molar-refractivity contribution in [2.45, 2.75) is 25.8 Å². The summed E-state index contributed by atoms with van der Waals surface area (Å²) in [7, 11) is 0. The van der Waals surface area contributed by atoms with Crippen LogP contribution >= 0.6 is 0 Å². The van der Waals surface area contributed by atoms with Crippen LogP contribution in [-0.2, 0) is 20.7 Å². The molecule has 0 saturated carbocycles. The van der Waals surface area contributed by atoms with Gasteiger partial charge in [-0.3, -0.25) is 9.59 Å². The standard InChI is InChI=1S/C21H26FN5O4/c1-15(27-13-17(23-24-27)12-21(20(29)30)6-11-31-14-21)19(28)26-9-7-25(8-10-26)18-4-2-16(22)3-5-18/h2-5,13,15H,6-12,14H2,1H3,(H,29,30). The van der Waals surface area contributed by atoms with E-state index < -0.39 is 17.4 Å². The minimum atomic E-state index is -0.981. The molecule has 0 aliphatic carbocycles.